The molecular weight excluding hydrogens is 386 g/mol. The van der Waals surface area contributed by atoms with Gasteiger partial charge >= 0.3 is 6.09 Å². The lowest BCUT2D eigenvalue weighted by Crippen LogP contribution is -2.42. The molecule has 0 fully saturated rings. The minimum atomic E-state index is -0.624. The quantitative estimate of drug-likeness (QED) is 0.798. The highest BCUT2D eigenvalue weighted by Gasteiger charge is 2.31. The first-order valence-corrected chi connectivity index (χ1v) is 9.84. The lowest BCUT2D eigenvalue weighted by molar-refractivity contribution is -0.0146. The molecule has 30 heavy (non-hydrogen) atoms. The van der Waals surface area contributed by atoms with E-state index in [9.17, 15) is 9.59 Å². The molecule has 0 unspecified atom stereocenters. The normalized spacial score (nSPS) is 14.5. The average molecular weight is 415 g/mol. The van der Waals surface area contributed by atoms with Gasteiger partial charge in [0.05, 0.1) is 30.6 Å². The van der Waals surface area contributed by atoms with Crippen LogP contribution in [0.2, 0.25) is 0 Å². The molecule has 0 aliphatic carbocycles. The fourth-order valence-electron chi connectivity index (χ4n) is 3.00. The number of fused-ring (bicyclic) bond motifs is 1. The van der Waals surface area contributed by atoms with Gasteiger partial charge in [-0.3, -0.25) is 14.7 Å². The summed E-state index contributed by atoms with van der Waals surface area (Å²) in [7, 11) is 1.63. The molecular formula is C22H29N3O5. The lowest BCUT2D eigenvalue weighted by atomic mass is 10.1. The maximum absolute atomic E-state index is 12.7. The number of Topliss-reactive ketones (excluding diaryl/α,β-unsaturated/α-hetero) is 1. The van der Waals surface area contributed by atoms with Gasteiger partial charge in [0.2, 0.25) is 0 Å². The Morgan fingerprint density at radius 2 is 1.93 bits per heavy atom. The van der Waals surface area contributed by atoms with Crippen molar-refractivity contribution in [3.63, 3.8) is 0 Å². The maximum Gasteiger partial charge on any atom is 0.411 e. The molecule has 8 heteroatoms. The number of nitrogens with zero attached hydrogens (tertiary/aromatic N) is 2. The zero-order valence-corrected chi connectivity index (χ0v) is 18.4. The van der Waals surface area contributed by atoms with Crippen LogP contribution in [-0.2, 0) is 16.0 Å². The van der Waals surface area contributed by atoms with Crippen LogP contribution in [0.3, 0.4) is 0 Å². The minimum Gasteiger partial charge on any atom is -0.488 e. The second-order valence-corrected chi connectivity index (χ2v) is 8.96. The van der Waals surface area contributed by atoms with Gasteiger partial charge in [0.15, 0.2) is 5.78 Å². The summed E-state index contributed by atoms with van der Waals surface area (Å²) in [6.07, 6.45) is 2.79. The molecule has 0 bridgehead atoms. The molecule has 0 atom stereocenters. The summed E-state index contributed by atoms with van der Waals surface area (Å²) < 4.78 is 16.8. The summed E-state index contributed by atoms with van der Waals surface area (Å²) in [5.41, 5.74) is 1.68. The number of carbonyl (C=O) groups is 2. The zero-order chi connectivity index (χ0) is 22.1. The molecule has 0 radical (unpaired) electrons. The van der Waals surface area contributed by atoms with Crippen molar-refractivity contribution < 1.29 is 23.8 Å². The summed E-state index contributed by atoms with van der Waals surface area (Å²) >= 11 is 0. The predicted octanol–water partition coefficient (Wildman–Crippen LogP) is 3.81. The van der Waals surface area contributed by atoms with Gasteiger partial charge in [0, 0.05) is 30.1 Å². The summed E-state index contributed by atoms with van der Waals surface area (Å²) in [5, 5.41) is 0. The van der Waals surface area contributed by atoms with E-state index >= 15 is 0 Å². The third kappa shape index (κ3) is 4.99. The van der Waals surface area contributed by atoms with Crippen molar-refractivity contribution in [2.24, 2.45) is 0 Å². The Bertz CT molecular complexity index is 942. The average Bonchev–Trinajstić information content (AvgIpc) is 3.10. The molecule has 1 N–H and O–H groups in total. The first-order chi connectivity index (χ1) is 14.0. The van der Waals surface area contributed by atoms with Crippen molar-refractivity contribution in [2.45, 2.75) is 52.4 Å². The first-order valence-electron chi connectivity index (χ1n) is 9.84. The highest BCUT2D eigenvalue weighted by atomic mass is 16.6. The van der Waals surface area contributed by atoms with Crippen molar-refractivity contribution in [2.75, 3.05) is 20.3 Å². The Balaban J connectivity index is 1.84. The van der Waals surface area contributed by atoms with E-state index in [-0.39, 0.29) is 18.9 Å². The van der Waals surface area contributed by atoms with Gasteiger partial charge in [0.1, 0.15) is 18.0 Å². The molecule has 2 aromatic rings. The summed E-state index contributed by atoms with van der Waals surface area (Å²) in [6, 6.07) is 3.62. The molecule has 1 aliphatic rings. The summed E-state index contributed by atoms with van der Waals surface area (Å²) in [4.78, 5) is 33.9. The molecule has 0 saturated heterocycles. The van der Waals surface area contributed by atoms with Crippen LogP contribution in [0.5, 0.6) is 5.75 Å². The van der Waals surface area contributed by atoms with Crippen molar-refractivity contribution in [3.05, 3.63) is 35.8 Å². The van der Waals surface area contributed by atoms with Gasteiger partial charge in [-0.25, -0.2) is 4.79 Å². The van der Waals surface area contributed by atoms with E-state index in [0.717, 1.165) is 11.3 Å². The number of nitrogens with one attached hydrogen (secondary N) is 1. The molecule has 1 amide bonds. The zero-order valence-electron chi connectivity index (χ0n) is 18.4. The molecule has 2 aromatic heterocycles. The van der Waals surface area contributed by atoms with Crippen LogP contribution in [0.1, 0.15) is 50.7 Å². The minimum absolute atomic E-state index is 0.0130. The first kappa shape index (κ1) is 21.8. The third-order valence-corrected chi connectivity index (χ3v) is 4.74. The smallest absolute Gasteiger partial charge is 0.411 e. The van der Waals surface area contributed by atoms with Crippen LogP contribution >= 0.6 is 0 Å². The van der Waals surface area contributed by atoms with E-state index in [0.29, 0.717) is 23.6 Å². The van der Waals surface area contributed by atoms with E-state index in [1.54, 1.807) is 46.3 Å². The van der Waals surface area contributed by atoms with Crippen LogP contribution < -0.4 is 4.74 Å². The van der Waals surface area contributed by atoms with Gasteiger partial charge in [-0.15, -0.1) is 0 Å². The van der Waals surface area contributed by atoms with Crippen LogP contribution in [0.4, 0.5) is 4.79 Å². The Morgan fingerprint density at radius 1 is 1.20 bits per heavy atom. The number of carbonyl (C=O) groups excluding carboxylic acids is 2. The predicted molar refractivity (Wildman–Crippen MR) is 112 cm³/mol. The Morgan fingerprint density at radius 3 is 2.60 bits per heavy atom. The van der Waals surface area contributed by atoms with Crippen molar-refractivity contribution in [1.29, 1.82) is 0 Å². The van der Waals surface area contributed by atoms with Gasteiger partial charge in [-0.2, -0.15) is 0 Å². The fourth-order valence-corrected chi connectivity index (χ4v) is 3.00. The highest BCUT2D eigenvalue weighted by molar-refractivity contribution is 6.02. The lowest BCUT2D eigenvalue weighted by Gasteiger charge is -2.29. The molecule has 3 rings (SSSR count). The number of amides is 1. The number of pyridine rings is 1. The van der Waals surface area contributed by atoms with E-state index in [1.807, 2.05) is 19.9 Å². The van der Waals surface area contributed by atoms with E-state index in [1.165, 1.54) is 4.90 Å². The Kier molecular flexibility index (Phi) is 5.90. The van der Waals surface area contributed by atoms with Crippen molar-refractivity contribution in [3.8, 4) is 17.0 Å². The molecule has 0 saturated carbocycles. The van der Waals surface area contributed by atoms with Crippen LogP contribution in [0.25, 0.3) is 11.3 Å². The van der Waals surface area contributed by atoms with Crippen molar-refractivity contribution in [1.82, 2.24) is 14.9 Å². The number of ketones is 1. The Hall–Kier alpha value is -2.87. The number of hydrogen-bond donors (Lipinski definition) is 1. The highest BCUT2D eigenvalue weighted by Crippen LogP contribution is 2.32. The standard InChI is InChI=1S/C22H29N3O5/c1-21(2,3)30-20(27)25-11-17-15(18(26)12-25)9-16(24-17)14-7-8-23-10-19(14)29-13-22(4,5)28-6/h7-10,24H,11-13H2,1-6H3. The second kappa shape index (κ2) is 8.10. The third-order valence-electron chi connectivity index (χ3n) is 4.74. The van der Waals surface area contributed by atoms with E-state index in [2.05, 4.69) is 9.97 Å². The van der Waals surface area contributed by atoms with Crippen LogP contribution in [0, 0.1) is 0 Å². The van der Waals surface area contributed by atoms with Gasteiger partial charge in [-0.1, -0.05) is 0 Å². The largest absolute Gasteiger partial charge is 0.488 e. The monoisotopic (exact) mass is 415 g/mol. The summed E-state index contributed by atoms with van der Waals surface area (Å²) in [6.45, 7) is 9.85. The number of hydrogen-bond acceptors (Lipinski definition) is 6. The molecule has 1 aliphatic heterocycles. The number of aromatic amines is 1. The molecule has 162 valence electrons. The maximum atomic E-state index is 12.7. The second-order valence-electron chi connectivity index (χ2n) is 8.96. The van der Waals surface area contributed by atoms with E-state index < -0.39 is 17.3 Å². The van der Waals surface area contributed by atoms with Gasteiger partial charge < -0.3 is 19.2 Å². The summed E-state index contributed by atoms with van der Waals surface area (Å²) in [5.74, 6) is 0.444. The molecule has 8 nitrogen and oxygen atoms in total. The number of rotatable bonds is 5. The van der Waals surface area contributed by atoms with Crippen molar-refractivity contribution >= 4 is 11.9 Å². The fraction of sp³-hybridized carbons (Fsp3) is 0.500. The number of methoxy groups -OCH3 is 1. The number of H-pyrrole nitrogens is 1. The van der Waals surface area contributed by atoms with Crippen LogP contribution in [-0.4, -0.2) is 58.2 Å². The number of ether oxygens (including phenoxy) is 3. The SMILES string of the molecule is COC(C)(C)COc1cnccc1-c1cc2c([nH]1)CN(C(=O)OC(C)(C)C)CC2=O. The van der Waals surface area contributed by atoms with Crippen LogP contribution in [0.15, 0.2) is 24.5 Å². The number of aromatic nitrogens is 2. The van der Waals surface area contributed by atoms with Gasteiger partial charge in [-0.05, 0) is 46.8 Å². The molecule has 0 spiro atoms. The Labute approximate surface area is 176 Å². The molecule has 0 aromatic carbocycles. The van der Waals surface area contributed by atoms with E-state index in [4.69, 9.17) is 14.2 Å². The molecule has 3 heterocycles. The topological polar surface area (TPSA) is 93.8 Å². The van der Waals surface area contributed by atoms with Gasteiger partial charge in [0.25, 0.3) is 0 Å².